The fourth-order valence-corrected chi connectivity index (χ4v) is 6.24. The molecule has 1 atom stereocenters. The first kappa shape index (κ1) is 13.4. The Morgan fingerprint density at radius 3 is 2.91 bits per heavy atom. The maximum absolute atomic E-state index is 9.79. The molecule has 0 radical (unpaired) electrons. The van der Waals surface area contributed by atoms with Gasteiger partial charge in [0.1, 0.15) is 16.4 Å². The summed E-state index contributed by atoms with van der Waals surface area (Å²) in [7, 11) is 0. The lowest BCUT2D eigenvalue weighted by molar-refractivity contribution is 0.768. The van der Waals surface area contributed by atoms with Gasteiger partial charge in [0.2, 0.25) is 0 Å². The first-order valence-corrected chi connectivity index (χ1v) is 9.50. The molecule has 1 aliphatic rings. The number of nitriles is 1. The molecule has 1 unspecified atom stereocenters. The van der Waals surface area contributed by atoms with E-state index in [1.165, 1.54) is 21.5 Å². The normalized spacial score (nSPS) is 18.8. The summed E-state index contributed by atoms with van der Waals surface area (Å²) in [5.41, 5.74) is 4.71. The number of nitrogens with zero attached hydrogens (tertiary/aromatic N) is 3. The van der Waals surface area contributed by atoms with Gasteiger partial charge < -0.3 is 0 Å². The molecular weight excluding hydrogens is 342 g/mol. The van der Waals surface area contributed by atoms with Crippen molar-refractivity contribution < 1.29 is 0 Å². The molecule has 5 rings (SSSR count). The van der Waals surface area contributed by atoms with E-state index in [0.29, 0.717) is 0 Å². The fourth-order valence-electron chi connectivity index (χ4n) is 3.21. The Labute approximate surface area is 144 Å². The molecule has 0 saturated heterocycles. The van der Waals surface area contributed by atoms with Crippen LogP contribution in [0.5, 0.6) is 0 Å². The molecule has 6 heteroatoms. The summed E-state index contributed by atoms with van der Waals surface area (Å²) in [6.45, 7) is 2.02. The van der Waals surface area contributed by atoms with Gasteiger partial charge in [0.25, 0.3) is 0 Å². The van der Waals surface area contributed by atoms with Gasteiger partial charge in [0, 0.05) is 15.3 Å². The van der Waals surface area contributed by atoms with Crippen LogP contribution in [-0.4, -0.2) is 8.75 Å². The van der Waals surface area contributed by atoms with E-state index in [1.54, 1.807) is 22.7 Å². The molecule has 0 saturated carbocycles. The monoisotopic (exact) mass is 351 g/mol. The SMILES string of the molecule is CC1(C#N)c2ccsc2-c2sc(-c3cccc4nsnc34)cc21. The molecule has 0 aliphatic heterocycles. The molecule has 23 heavy (non-hydrogen) atoms. The summed E-state index contributed by atoms with van der Waals surface area (Å²) >= 11 is 4.72. The van der Waals surface area contributed by atoms with Crippen molar-refractivity contribution in [3.63, 3.8) is 0 Å². The van der Waals surface area contributed by atoms with Gasteiger partial charge in [0.15, 0.2) is 0 Å². The van der Waals surface area contributed by atoms with Crippen LogP contribution in [-0.2, 0) is 5.41 Å². The number of rotatable bonds is 1. The molecule has 4 aromatic rings. The van der Waals surface area contributed by atoms with E-state index >= 15 is 0 Å². The van der Waals surface area contributed by atoms with Gasteiger partial charge in [-0.2, -0.15) is 14.0 Å². The first-order chi connectivity index (χ1) is 11.2. The zero-order valence-corrected chi connectivity index (χ0v) is 14.5. The molecule has 1 aliphatic carbocycles. The van der Waals surface area contributed by atoms with Crippen molar-refractivity contribution in [2.24, 2.45) is 0 Å². The Morgan fingerprint density at radius 2 is 2.04 bits per heavy atom. The number of fused-ring (bicyclic) bond motifs is 4. The molecular formula is C17H9N3S3. The third-order valence-corrected chi connectivity index (χ3v) is 7.25. The molecule has 0 bridgehead atoms. The van der Waals surface area contributed by atoms with Gasteiger partial charge in [-0.15, -0.1) is 22.7 Å². The summed E-state index contributed by atoms with van der Waals surface area (Å²) in [5.74, 6) is 0. The second-order valence-electron chi connectivity index (χ2n) is 5.69. The van der Waals surface area contributed by atoms with E-state index in [2.05, 4.69) is 38.4 Å². The topological polar surface area (TPSA) is 49.6 Å². The summed E-state index contributed by atoms with van der Waals surface area (Å²) in [6.07, 6.45) is 0. The Morgan fingerprint density at radius 1 is 1.13 bits per heavy atom. The van der Waals surface area contributed by atoms with E-state index in [-0.39, 0.29) is 0 Å². The van der Waals surface area contributed by atoms with Crippen molar-refractivity contribution in [1.82, 2.24) is 8.75 Å². The highest BCUT2D eigenvalue weighted by Gasteiger charge is 2.42. The van der Waals surface area contributed by atoms with E-state index in [0.717, 1.165) is 32.6 Å². The van der Waals surface area contributed by atoms with Crippen LogP contribution in [0, 0.1) is 11.3 Å². The predicted molar refractivity (Wildman–Crippen MR) is 96.1 cm³/mol. The molecule has 3 aromatic heterocycles. The lowest BCUT2D eigenvalue weighted by Crippen LogP contribution is -2.16. The highest BCUT2D eigenvalue weighted by atomic mass is 32.1. The van der Waals surface area contributed by atoms with Gasteiger partial charge in [-0.3, -0.25) is 0 Å². The fraction of sp³-hybridized carbons (Fsp3) is 0.118. The molecule has 3 heterocycles. The maximum Gasteiger partial charge on any atom is 0.113 e. The lowest BCUT2D eigenvalue weighted by atomic mass is 9.83. The van der Waals surface area contributed by atoms with E-state index < -0.39 is 5.41 Å². The van der Waals surface area contributed by atoms with Crippen molar-refractivity contribution in [2.45, 2.75) is 12.3 Å². The van der Waals surface area contributed by atoms with Crippen molar-refractivity contribution in [1.29, 1.82) is 5.26 Å². The van der Waals surface area contributed by atoms with Crippen LogP contribution in [0.15, 0.2) is 35.7 Å². The van der Waals surface area contributed by atoms with Crippen molar-refractivity contribution in [3.8, 4) is 26.3 Å². The van der Waals surface area contributed by atoms with Crippen LogP contribution in [0.2, 0.25) is 0 Å². The van der Waals surface area contributed by atoms with Crippen molar-refractivity contribution in [3.05, 3.63) is 46.8 Å². The van der Waals surface area contributed by atoms with Gasteiger partial charge in [-0.05, 0) is 41.6 Å². The lowest BCUT2D eigenvalue weighted by Gasteiger charge is -2.15. The van der Waals surface area contributed by atoms with Crippen LogP contribution in [0.4, 0.5) is 0 Å². The second kappa shape index (κ2) is 4.48. The summed E-state index contributed by atoms with van der Waals surface area (Å²) in [5, 5.41) is 11.9. The van der Waals surface area contributed by atoms with Gasteiger partial charge in [0.05, 0.1) is 22.7 Å². The Hall–Kier alpha value is -2.07. The third kappa shape index (κ3) is 1.62. The Balaban J connectivity index is 1.80. The van der Waals surface area contributed by atoms with Crippen molar-refractivity contribution >= 4 is 45.4 Å². The summed E-state index contributed by atoms with van der Waals surface area (Å²) in [4.78, 5) is 3.63. The minimum Gasteiger partial charge on any atom is -0.197 e. The highest BCUT2D eigenvalue weighted by molar-refractivity contribution is 7.24. The Kier molecular flexibility index (Phi) is 2.61. The van der Waals surface area contributed by atoms with E-state index in [1.807, 2.05) is 19.1 Å². The quantitative estimate of drug-likeness (QED) is 0.468. The summed E-state index contributed by atoms with van der Waals surface area (Å²) < 4.78 is 8.77. The zero-order chi connectivity index (χ0) is 15.6. The molecule has 1 aromatic carbocycles. The standard InChI is InChI=1S/C17H9N3S3/c1-17(8-18)10-5-6-21-15(10)16-11(17)7-13(22-16)9-3-2-4-12-14(9)20-23-19-12/h2-7H,1H3. The van der Waals surface area contributed by atoms with Gasteiger partial charge >= 0.3 is 0 Å². The number of hydrogen-bond donors (Lipinski definition) is 0. The van der Waals surface area contributed by atoms with Crippen molar-refractivity contribution in [2.75, 3.05) is 0 Å². The number of aromatic nitrogens is 2. The largest absolute Gasteiger partial charge is 0.197 e. The van der Waals surface area contributed by atoms with Gasteiger partial charge in [-0.25, -0.2) is 0 Å². The first-order valence-electron chi connectivity index (χ1n) is 7.08. The average molecular weight is 351 g/mol. The molecule has 0 spiro atoms. The average Bonchev–Trinajstić information content (AvgIpc) is 3.32. The molecule has 0 fully saturated rings. The van der Waals surface area contributed by atoms with Crippen LogP contribution >= 0.6 is 34.4 Å². The zero-order valence-electron chi connectivity index (χ0n) is 12.0. The highest BCUT2D eigenvalue weighted by Crippen LogP contribution is 2.56. The smallest absolute Gasteiger partial charge is 0.113 e. The number of hydrogen-bond acceptors (Lipinski definition) is 6. The molecule has 0 amide bonds. The number of thiophene rings is 2. The molecule has 3 nitrogen and oxygen atoms in total. The number of benzene rings is 1. The van der Waals surface area contributed by atoms with E-state index in [4.69, 9.17) is 0 Å². The van der Waals surface area contributed by atoms with E-state index in [9.17, 15) is 5.26 Å². The maximum atomic E-state index is 9.79. The predicted octanol–water partition coefficient (Wildman–Crippen LogP) is 5.29. The van der Waals surface area contributed by atoms with Crippen LogP contribution in [0.25, 0.3) is 31.2 Å². The van der Waals surface area contributed by atoms with Gasteiger partial charge in [-0.1, -0.05) is 12.1 Å². The molecule has 0 N–H and O–H groups in total. The summed E-state index contributed by atoms with van der Waals surface area (Å²) in [6, 6.07) is 12.9. The minimum absolute atomic E-state index is 0.548. The van der Waals surface area contributed by atoms with Crippen LogP contribution in [0.3, 0.4) is 0 Å². The van der Waals surface area contributed by atoms with Crippen LogP contribution < -0.4 is 0 Å². The minimum atomic E-state index is -0.548. The molecule has 110 valence electrons. The Bertz CT molecular complexity index is 1110. The third-order valence-electron chi connectivity index (χ3n) is 4.46. The second-order valence-corrected chi connectivity index (χ2v) is 8.19. The van der Waals surface area contributed by atoms with Crippen LogP contribution in [0.1, 0.15) is 18.1 Å².